The molecule has 0 bridgehead atoms. The van der Waals surface area contributed by atoms with Crippen molar-refractivity contribution in [2.24, 2.45) is 0 Å². The number of nitrogens with zero attached hydrogens (tertiary/aromatic N) is 3. The van der Waals surface area contributed by atoms with Crippen molar-refractivity contribution in [1.29, 1.82) is 0 Å². The van der Waals surface area contributed by atoms with Gasteiger partial charge in [-0.15, -0.1) is 0 Å². The predicted octanol–water partition coefficient (Wildman–Crippen LogP) is 11.3. The molecule has 0 aliphatic rings. The maximum absolute atomic E-state index is 5.16. The Balaban J connectivity index is 1.30. The zero-order valence-corrected chi connectivity index (χ0v) is 26.0. The van der Waals surface area contributed by atoms with E-state index in [9.17, 15) is 0 Å². The molecular formula is C44H31N3. The Morgan fingerprint density at radius 1 is 0.340 bits per heavy atom. The Kier molecular flexibility index (Phi) is 7.41. The minimum Gasteiger partial charge on any atom is -0.261 e. The maximum Gasteiger partial charge on any atom is 0.160 e. The summed E-state index contributed by atoms with van der Waals surface area (Å²) in [7, 11) is 0. The fourth-order valence-electron chi connectivity index (χ4n) is 6.04. The average Bonchev–Trinajstić information content (AvgIpc) is 3.15. The Labute approximate surface area is 274 Å². The third-order valence-electron chi connectivity index (χ3n) is 8.60. The Morgan fingerprint density at radius 2 is 0.851 bits per heavy atom. The number of rotatable bonds is 6. The van der Waals surface area contributed by atoms with Crippen molar-refractivity contribution in [2.45, 2.75) is 6.92 Å². The topological polar surface area (TPSA) is 38.7 Å². The number of hydrogen-bond donors (Lipinski definition) is 0. The van der Waals surface area contributed by atoms with Gasteiger partial charge in [0, 0.05) is 34.1 Å². The van der Waals surface area contributed by atoms with Crippen LogP contribution in [0.3, 0.4) is 0 Å². The summed E-state index contributed by atoms with van der Waals surface area (Å²) < 4.78 is 0. The Bertz CT molecular complexity index is 2270. The molecule has 0 radical (unpaired) electrons. The fraction of sp³-hybridized carbons (Fsp3) is 0.0227. The lowest BCUT2D eigenvalue weighted by Gasteiger charge is -2.14. The first-order valence-corrected chi connectivity index (χ1v) is 15.8. The third-order valence-corrected chi connectivity index (χ3v) is 8.60. The van der Waals surface area contributed by atoms with Gasteiger partial charge in [0.2, 0.25) is 0 Å². The first-order valence-electron chi connectivity index (χ1n) is 15.8. The van der Waals surface area contributed by atoms with E-state index < -0.39 is 0 Å². The van der Waals surface area contributed by atoms with Gasteiger partial charge < -0.3 is 0 Å². The molecule has 3 nitrogen and oxygen atoms in total. The first kappa shape index (κ1) is 28.3. The summed E-state index contributed by atoms with van der Waals surface area (Å²) in [5.74, 6) is 0.691. The predicted molar refractivity (Wildman–Crippen MR) is 195 cm³/mol. The van der Waals surface area contributed by atoms with Crippen LogP contribution in [0.25, 0.3) is 78.1 Å². The lowest BCUT2D eigenvalue weighted by Crippen LogP contribution is -1.97. The highest BCUT2D eigenvalue weighted by atomic mass is 14.9. The van der Waals surface area contributed by atoms with Crippen LogP contribution in [-0.2, 0) is 0 Å². The van der Waals surface area contributed by atoms with Crippen molar-refractivity contribution in [3.63, 3.8) is 0 Å². The van der Waals surface area contributed by atoms with Crippen LogP contribution >= 0.6 is 0 Å². The third kappa shape index (κ3) is 5.95. The van der Waals surface area contributed by atoms with E-state index in [1.54, 1.807) is 0 Å². The van der Waals surface area contributed by atoms with Crippen LogP contribution in [0.5, 0.6) is 0 Å². The second-order valence-corrected chi connectivity index (χ2v) is 11.8. The molecule has 0 saturated carbocycles. The molecule has 3 heteroatoms. The summed E-state index contributed by atoms with van der Waals surface area (Å²) in [4.78, 5) is 14.8. The molecule has 2 heterocycles. The quantitative estimate of drug-likeness (QED) is 0.190. The molecule has 0 aliphatic carbocycles. The number of aromatic nitrogens is 3. The molecule has 47 heavy (non-hydrogen) atoms. The van der Waals surface area contributed by atoms with E-state index in [0.29, 0.717) is 5.82 Å². The monoisotopic (exact) mass is 601 g/mol. The SMILES string of the molecule is Cc1ccc(-c2ccc(-c3cc(-c4ccc5ccccc5c4)cc(-c4nc(-c5ccccc5)cc(-c5ccccc5)n4)c3)cc2)cn1. The summed E-state index contributed by atoms with van der Waals surface area (Å²) in [5.41, 5.74) is 12.6. The Hall–Kier alpha value is -6.19. The summed E-state index contributed by atoms with van der Waals surface area (Å²) >= 11 is 0. The highest BCUT2D eigenvalue weighted by Gasteiger charge is 2.14. The van der Waals surface area contributed by atoms with Crippen LogP contribution < -0.4 is 0 Å². The molecular weight excluding hydrogens is 571 g/mol. The molecule has 0 amide bonds. The average molecular weight is 602 g/mol. The van der Waals surface area contributed by atoms with Crippen molar-refractivity contribution >= 4 is 10.8 Å². The van der Waals surface area contributed by atoms with Gasteiger partial charge in [-0.25, -0.2) is 9.97 Å². The lowest BCUT2D eigenvalue weighted by molar-refractivity contribution is 1.18. The molecule has 0 atom stereocenters. The molecule has 8 rings (SSSR count). The molecule has 222 valence electrons. The number of aryl methyl sites for hydroxylation is 1. The second kappa shape index (κ2) is 12.3. The van der Waals surface area contributed by atoms with E-state index in [2.05, 4.69) is 132 Å². The molecule has 0 spiro atoms. The minimum absolute atomic E-state index is 0.691. The van der Waals surface area contributed by atoms with Crippen LogP contribution in [0.2, 0.25) is 0 Å². The van der Waals surface area contributed by atoms with Gasteiger partial charge in [-0.3, -0.25) is 4.98 Å². The minimum atomic E-state index is 0.691. The molecule has 0 aliphatic heterocycles. The van der Waals surface area contributed by atoms with Crippen molar-refractivity contribution < 1.29 is 0 Å². The van der Waals surface area contributed by atoms with E-state index >= 15 is 0 Å². The molecule has 0 saturated heterocycles. The highest BCUT2D eigenvalue weighted by Crippen LogP contribution is 2.35. The van der Waals surface area contributed by atoms with Crippen LogP contribution in [-0.4, -0.2) is 15.0 Å². The van der Waals surface area contributed by atoms with Gasteiger partial charge in [-0.1, -0.05) is 127 Å². The van der Waals surface area contributed by atoms with Crippen molar-refractivity contribution in [3.05, 3.63) is 176 Å². The molecule has 8 aromatic rings. The van der Waals surface area contributed by atoms with Crippen molar-refractivity contribution in [1.82, 2.24) is 15.0 Å². The van der Waals surface area contributed by atoms with Crippen molar-refractivity contribution in [2.75, 3.05) is 0 Å². The maximum atomic E-state index is 5.16. The highest BCUT2D eigenvalue weighted by molar-refractivity contribution is 5.89. The van der Waals surface area contributed by atoms with Gasteiger partial charge in [-0.05, 0) is 81.9 Å². The normalized spacial score (nSPS) is 11.1. The van der Waals surface area contributed by atoms with Crippen LogP contribution in [0.15, 0.2) is 170 Å². The number of hydrogen-bond acceptors (Lipinski definition) is 3. The van der Waals surface area contributed by atoms with Gasteiger partial charge in [-0.2, -0.15) is 0 Å². The smallest absolute Gasteiger partial charge is 0.160 e. The molecule has 0 N–H and O–H groups in total. The van der Waals surface area contributed by atoms with E-state index in [4.69, 9.17) is 9.97 Å². The van der Waals surface area contributed by atoms with Crippen LogP contribution in [0.4, 0.5) is 0 Å². The van der Waals surface area contributed by atoms with Gasteiger partial charge >= 0.3 is 0 Å². The zero-order valence-electron chi connectivity index (χ0n) is 26.0. The zero-order chi connectivity index (χ0) is 31.6. The van der Waals surface area contributed by atoms with Gasteiger partial charge in [0.1, 0.15) is 0 Å². The van der Waals surface area contributed by atoms with E-state index in [1.165, 1.54) is 10.8 Å². The number of pyridine rings is 1. The number of benzene rings is 6. The van der Waals surface area contributed by atoms with E-state index in [-0.39, 0.29) is 0 Å². The Morgan fingerprint density at radius 3 is 1.47 bits per heavy atom. The molecule has 0 fully saturated rings. The summed E-state index contributed by atoms with van der Waals surface area (Å²) in [6.45, 7) is 2.01. The number of fused-ring (bicyclic) bond motifs is 1. The first-order chi connectivity index (χ1) is 23.2. The molecule has 2 aromatic heterocycles. The summed E-state index contributed by atoms with van der Waals surface area (Å²) in [5, 5.41) is 2.43. The van der Waals surface area contributed by atoms with Gasteiger partial charge in [0.25, 0.3) is 0 Å². The fourth-order valence-corrected chi connectivity index (χ4v) is 6.04. The second-order valence-electron chi connectivity index (χ2n) is 11.8. The van der Waals surface area contributed by atoms with E-state index in [1.807, 2.05) is 49.5 Å². The standard InChI is InChI=1S/C44H31N3/c1-30-16-17-38(29-45-30)32-18-20-33(21-19-32)39-25-40(37-23-22-31-10-8-9-15-36(31)24-37)27-41(26-39)44-46-42(34-11-4-2-5-12-34)28-43(47-44)35-13-6-3-7-14-35/h2-29H,1H3. The van der Waals surface area contributed by atoms with Gasteiger partial charge in [0.05, 0.1) is 11.4 Å². The van der Waals surface area contributed by atoms with Crippen LogP contribution in [0.1, 0.15) is 5.69 Å². The largest absolute Gasteiger partial charge is 0.261 e. The summed E-state index contributed by atoms with van der Waals surface area (Å²) in [6.07, 6.45) is 1.93. The molecule has 0 unspecified atom stereocenters. The lowest BCUT2D eigenvalue weighted by atomic mass is 9.93. The van der Waals surface area contributed by atoms with Crippen LogP contribution in [0, 0.1) is 6.92 Å². The van der Waals surface area contributed by atoms with Crippen molar-refractivity contribution in [3.8, 4) is 67.3 Å². The summed E-state index contributed by atoms with van der Waals surface area (Å²) in [6, 6.07) is 57.5. The van der Waals surface area contributed by atoms with E-state index in [0.717, 1.165) is 67.2 Å². The van der Waals surface area contributed by atoms with Gasteiger partial charge in [0.15, 0.2) is 5.82 Å². The molecule has 6 aromatic carbocycles.